The zero-order chi connectivity index (χ0) is 12.3. The van der Waals surface area contributed by atoms with Crippen LogP contribution in [0.25, 0.3) is 0 Å². The number of hydrogen-bond donors (Lipinski definition) is 1. The molecule has 0 aliphatic heterocycles. The molecule has 0 amide bonds. The lowest BCUT2D eigenvalue weighted by Gasteiger charge is -2.34. The molecule has 0 spiro atoms. The van der Waals surface area contributed by atoms with E-state index >= 15 is 0 Å². The van der Waals surface area contributed by atoms with Crippen molar-refractivity contribution < 1.29 is 0 Å². The normalized spacial score (nSPS) is 17.4. The molecule has 1 heterocycles. The predicted octanol–water partition coefficient (Wildman–Crippen LogP) is 3.52. The standard InChI is InChI=1S/C12H21ClN2S/c1-5-8(2)15(4)12(9(3)14)10-6-7-11(13)16-10/h6-9,12H,5,14H2,1-4H3. The lowest BCUT2D eigenvalue weighted by molar-refractivity contribution is 0.164. The molecule has 0 bridgehead atoms. The third kappa shape index (κ3) is 3.20. The first-order valence-electron chi connectivity index (χ1n) is 5.70. The molecule has 1 aromatic heterocycles. The van der Waals surface area contributed by atoms with Gasteiger partial charge < -0.3 is 5.73 Å². The molecule has 2 N–H and O–H groups in total. The maximum absolute atomic E-state index is 6.09. The van der Waals surface area contributed by atoms with Gasteiger partial charge in [-0.25, -0.2) is 0 Å². The summed E-state index contributed by atoms with van der Waals surface area (Å²) in [5.41, 5.74) is 6.09. The second-order valence-corrected chi connectivity index (χ2v) is 6.12. The van der Waals surface area contributed by atoms with Crippen molar-refractivity contribution in [2.75, 3.05) is 7.05 Å². The summed E-state index contributed by atoms with van der Waals surface area (Å²) in [4.78, 5) is 3.59. The summed E-state index contributed by atoms with van der Waals surface area (Å²) >= 11 is 7.61. The highest BCUT2D eigenvalue weighted by Crippen LogP contribution is 2.32. The van der Waals surface area contributed by atoms with Crippen LogP contribution in [0.4, 0.5) is 0 Å². The van der Waals surface area contributed by atoms with Crippen LogP contribution in [0.1, 0.15) is 38.1 Å². The summed E-state index contributed by atoms with van der Waals surface area (Å²) in [7, 11) is 2.13. The number of likely N-dealkylation sites (N-methyl/N-ethyl adjacent to an activating group) is 1. The van der Waals surface area contributed by atoms with Crippen LogP contribution in [0.2, 0.25) is 4.34 Å². The maximum atomic E-state index is 6.09. The van der Waals surface area contributed by atoms with Crippen LogP contribution in [0.3, 0.4) is 0 Å². The lowest BCUT2D eigenvalue weighted by Crippen LogP contribution is -2.41. The van der Waals surface area contributed by atoms with Crippen LogP contribution in [0.15, 0.2) is 12.1 Å². The fraction of sp³-hybridized carbons (Fsp3) is 0.667. The van der Waals surface area contributed by atoms with Crippen molar-refractivity contribution in [1.29, 1.82) is 0 Å². The summed E-state index contributed by atoms with van der Waals surface area (Å²) in [5.74, 6) is 0. The van der Waals surface area contributed by atoms with E-state index in [2.05, 4.69) is 38.8 Å². The number of nitrogens with two attached hydrogens (primary N) is 1. The zero-order valence-electron chi connectivity index (χ0n) is 10.4. The Hall–Kier alpha value is -0.0900. The summed E-state index contributed by atoms with van der Waals surface area (Å²) in [6.07, 6.45) is 1.12. The van der Waals surface area contributed by atoms with Crippen molar-refractivity contribution in [1.82, 2.24) is 4.90 Å². The van der Waals surface area contributed by atoms with E-state index in [0.717, 1.165) is 10.8 Å². The molecule has 92 valence electrons. The molecule has 1 aromatic rings. The van der Waals surface area contributed by atoms with Gasteiger partial charge in [0, 0.05) is 17.0 Å². The van der Waals surface area contributed by atoms with E-state index in [1.807, 2.05) is 6.07 Å². The average molecular weight is 261 g/mol. The Bertz CT molecular complexity index is 325. The zero-order valence-corrected chi connectivity index (χ0v) is 12.0. The van der Waals surface area contributed by atoms with E-state index in [1.165, 1.54) is 4.88 Å². The Kier molecular flexibility index (Phi) is 5.25. The van der Waals surface area contributed by atoms with Gasteiger partial charge in [-0.1, -0.05) is 18.5 Å². The minimum atomic E-state index is 0.105. The van der Waals surface area contributed by atoms with Gasteiger partial charge >= 0.3 is 0 Å². The number of thiophene rings is 1. The van der Waals surface area contributed by atoms with E-state index in [1.54, 1.807) is 11.3 Å². The number of halogens is 1. The number of hydrogen-bond acceptors (Lipinski definition) is 3. The number of nitrogens with zero attached hydrogens (tertiary/aromatic N) is 1. The second-order valence-electron chi connectivity index (χ2n) is 4.37. The summed E-state index contributed by atoms with van der Waals surface area (Å²) in [6.45, 7) is 6.47. The minimum Gasteiger partial charge on any atom is -0.326 e. The highest BCUT2D eigenvalue weighted by atomic mass is 35.5. The molecule has 0 fully saturated rings. The lowest BCUT2D eigenvalue weighted by atomic mass is 10.0. The topological polar surface area (TPSA) is 29.3 Å². The molecule has 2 nitrogen and oxygen atoms in total. The van der Waals surface area contributed by atoms with E-state index < -0.39 is 0 Å². The van der Waals surface area contributed by atoms with Crippen molar-refractivity contribution >= 4 is 22.9 Å². The third-order valence-corrected chi connectivity index (χ3v) is 4.41. The van der Waals surface area contributed by atoms with Crippen LogP contribution in [0.5, 0.6) is 0 Å². The fourth-order valence-electron chi connectivity index (χ4n) is 1.88. The fourth-order valence-corrected chi connectivity index (χ4v) is 3.21. The minimum absolute atomic E-state index is 0.105. The molecule has 0 aliphatic carbocycles. The Balaban J connectivity index is 2.91. The molecular weight excluding hydrogens is 240 g/mol. The molecule has 0 saturated heterocycles. The van der Waals surface area contributed by atoms with Crippen molar-refractivity contribution in [2.45, 2.75) is 45.3 Å². The SMILES string of the molecule is CCC(C)N(C)C(c1ccc(Cl)s1)C(C)N. The van der Waals surface area contributed by atoms with Gasteiger partial charge in [-0.2, -0.15) is 0 Å². The quantitative estimate of drug-likeness (QED) is 0.878. The maximum Gasteiger partial charge on any atom is 0.0931 e. The molecule has 0 aromatic carbocycles. The Morgan fingerprint density at radius 1 is 1.44 bits per heavy atom. The number of rotatable bonds is 5. The second kappa shape index (κ2) is 6.01. The van der Waals surface area contributed by atoms with Gasteiger partial charge in [0.25, 0.3) is 0 Å². The monoisotopic (exact) mass is 260 g/mol. The smallest absolute Gasteiger partial charge is 0.0931 e. The Labute approximate surface area is 107 Å². The van der Waals surface area contributed by atoms with Crippen LogP contribution in [-0.4, -0.2) is 24.0 Å². The van der Waals surface area contributed by atoms with Crippen LogP contribution in [-0.2, 0) is 0 Å². The molecule has 0 aliphatic rings. The van der Waals surface area contributed by atoms with E-state index in [0.29, 0.717) is 6.04 Å². The van der Waals surface area contributed by atoms with Crippen molar-refractivity contribution in [3.05, 3.63) is 21.3 Å². The predicted molar refractivity (Wildman–Crippen MR) is 73.2 cm³/mol. The van der Waals surface area contributed by atoms with Gasteiger partial charge in [-0.05, 0) is 39.4 Å². The van der Waals surface area contributed by atoms with Crippen LogP contribution in [0, 0.1) is 0 Å². The molecule has 16 heavy (non-hydrogen) atoms. The first-order valence-corrected chi connectivity index (χ1v) is 6.89. The summed E-state index contributed by atoms with van der Waals surface area (Å²) < 4.78 is 0.832. The van der Waals surface area contributed by atoms with E-state index in [9.17, 15) is 0 Å². The van der Waals surface area contributed by atoms with Crippen molar-refractivity contribution in [2.24, 2.45) is 5.73 Å². The molecular formula is C12H21ClN2S. The van der Waals surface area contributed by atoms with Crippen LogP contribution < -0.4 is 5.73 Å². The van der Waals surface area contributed by atoms with Crippen molar-refractivity contribution in [3.63, 3.8) is 0 Å². The average Bonchev–Trinajstić information content (AvgIpc) is 2.63. The highest BCUT2D eigenvalue weighted by Gasteiger charge is 2.25. The molecule has 0 saturated carbocycles. The van der Waals surface area contributed by atoms with Gasteiger partial charge in [0.1, 0.15) is 0 Å². The molecule has 3 atom stereocenters. The summed E-state index contributed by atoms with van der Waals surface area (Å²) in [5, 5.41) is 0. The van der Waals surface area contributed by atoms with E-state index in [4.69, 9.17) is 17.3 Å². The molecule has 4 heteroatoms. The summed E-state index contributed by atoms with van der Waals surface area (Å²) in [6, 6.07) is 4.92. The first-order chi connectivity index (χ1) is 7.47. The first kappa shape index (κ1) is 14.0. The third-order valence-electron chi connectivity index (χ3n) is 3.11. The van der Waals surface area contributed by atoms with Crippen LogP contribution >= 0.6 is 22.9 Å². The molecule has 3 unspecified atom stereocenters. The molecule has 1 rings (SSSR count). The highest BCUT2D eigenvalue weighted by molar-refractivity contribution is 7.16. The Morgan fingerprint density at radius 2 is 2.06 bits per heavy atom. The van der Waals surface area contributed by atoms with Gasteiger partial charge in [-0.3, -0.25) is 4.90 Å². The van der Waals surface area contributed by atoms with E-state index in [-0.39, 0.29) is 12.1 Å². The van der Waals surface area contributed by atoms with Gasteiger partial charge in [0.15, 0.2) is 0 Å². The van der Waals surface area contributed by atoms with Crippen molar-refractivity contribution in [3.8, 4) is 0 Å². The Morgan fingerprint density at radius 3 is 2.44 bits per heavy atom. The van der Waals surface area contributed by atoms with Gasteiger partial charge in [0.05, 0.1) is 10.4 Å². The van der Waals surface area contributed by atoms with Gasteiger partial charge in [0.2, 0.25) is 0 Å². The largest absolute Gasteiger partial charge is 0.326 e. The van der Waals surface area contributed by atoms with Gasteiger partial charge in [-0.15, -0.1) is 11.3 Å². The molecule has 0 radical (unpaired) electrons.